The summed E-state index contributed by atoms with van der Waals surface area (Å²) in [6.45, 7) is 2.61. The zero-order valence-corrected chi connectivity index (χ0v) is 19.9. The number of piperazine rings is 1. The Morgan fingerprint density at radius 3 is 2.42 bits per heavy atom. The van der Waals surface area contributed by atoms with Gasteiger partial charge < -0.3 is 4.90 Å². The Bertz CT molecular complexity index is 1280. The molecule has 0 aliphatic carbocycles. The van der Waals surface area contributed by atoms with E-state index in [9.17, 15) is 21.6 Å². The van der Waals surface area contributed by atoms with E-state index >= 15 is 0 Å². The number of hydrogen-bond donors (Lipinski definition) is 0. The third kappa shape index (κ3) is 4.27. The minimum absolute atomic E-state index is 0.0315. The standard InChI is InChI=1S/C23H27N3O5S2/c27-23(25-13-11-24(12-14-25)20-9-15-32(28,29)17-20)19-5-3-6-21(16-19)33(30,31)26-10-8-18-4-1-2-7-22(18)26/h1-7,16,20H,8-15,17H2/t20-/m1/s1. The smallest absolute Gasteiger partial charge is 0.264 e. The van der Waals surface area contributed by atoms with E-state index in [-0.39, 0.29) is 28.4 Å². The molecule has 3 aliphatic heterocycles. The highest BCUT2D eigenvalue weighted by Crippen LogP contribution is 2.33. The third-order valence-electron chi connectivity index (χ3n) is 6.84. The largest absolute Gasteiger partial charge is 0.336 e. The van der Waals surface area contributed by atoms with Crippen LogP contribution in [0.25, 0.3) is 0 Å². The van der Waals surface area contributed by atoms with E-state index in [2.05, 4.69) is 4.90 Å². The van der Waals surface area contributed by atoms with Gasteiger partial charge in [-0.3, -0.25) is 14.0 Å². The van der Waals surface area contributed by atoms with Gasteiger partial charge >= 0.3 is 0 Å². The van der Waals surface area contributed by atoms with Crippen LogP contribution in [0.15, 0.2) is 53.4 Å². The van der Waals surface area contributed by atoms with Gasteiger partial charge in [0, 0.05) is 44.3 Å². The lowest BCUT2D eigenvalue weighted by atomic mass is 10.1. The van der Waals surface area contributed by atoms with Crippen LogP contribution in [0.5, 0.6) is 0 Å². The molecule has 1 atom stereocenters. The molecule has 2 aromatic rings. The third-order valence-corrected chi connectivity index (χ3v) is 10.4. The maximum atomic E-state index is 13.3. The molecule has 0 aromatic heterocycles. The zero-order valence-electron chi connectivity index (χ0n) is 18.3. The van der Waals surface area contributed by atoms with Crippen LogP contribution in [0.2, 0.25) is 0 Å². The van der Waals surface area contributed by atoms with Gasteiger partial charge in [-0.1, -0.05) is 24.3 Å². The topological polar surface area (TPSA) is 95.1 Å². The highest BCUT2D eigenvalue weighted by Gasteiger charge is 2.35. The number of hydrogen-bond acceptors (Lipinski definition) is 6. The summed E-state index contributed by atoms with van der Waals surface area (Å²) in [5, 5.41) is 0. The number of nitrogens with zero attached hydrogens (tertiary/aromatic N) is 3. The number of sulfone groups is 1. The molecule has 0 bridgehead atoms. The molecule has 2 aromatic carbocycles. The predicted octanol–water partition coefficient (Wildman–Crippen LogP) is 1.38. The summed E-state index contributed by atoms with van der Waals surface area (Å²) in [5.41, 5.74) is 2.04. The molecule has 176 valence electrons. The van der Waals surface area contributed by atoms with Crippen LogP contribution in [-0.4, -0.2) is 82.8 Å². The summed E-state index contributed by atoms with van der Waals surface area (Å²) >= 11 is 0. The van der Waals surface area contributed by atoms with Crippen LogP contribution < -0.4 is 4.31 Å². The maximum absolute atomic E-state index is 13.3. The van der Waals surface area contributed by atoms with Gasteiger partial charge in [-0.25, -0.2) is 16.8 Å². The molecule has 1 amide bonds. The minimum atomic E-state index is -3.77. The predicted molar refractivity (Wildman–Crippen MR) is 126 cm³/mol. The van der Waals surface area contributed by atoms with Crippen LogP contribution in [0.4, 0.5) is 5.69 Å². The number of anilines is 1. The highest BCUT2D eigenvalue weighted by atomic mass is 32.2. The fraction of sp³-hybridized carbons (Fsp3) is 0.435. The van der Waals surface area contributed by atoms with E-state index in [1.54, 1.807) is 17.0 Å². The number of sulfonamides is 1. The summed E-state index contributed by atoms with van der Waals surface area (Å²) in [4.78, 5) is 17.1. The van der Waals surface area contributed by atoms with Crippen molar-refractivity contribution >= 4 is 31.5 Å². The average Bonchev–Trinajstić information content (AvgIpc) is 3.42. The first kappa shape index (κ1) is 22.4. The second-order valence-corrected chi connectivity index (χ2v) is 13.0. The van der Waals surface area contributed by atoms with Crippen LogP contribution in [0.3, 0.4) is 0 Å². The number of amides is 1. The summed E-state index contributed by atoms with van der Waals surface area (Å²) in [5.74, 6) is 0.229. The highest BCUT2D eigenvalue weighted by molar-refractivity contribution is 7.93. The van der Waals surface area contributed by atoms with Crippen LogP contribution in [-0.2, 0) is 26.3 Å². The Labute approximate surface area is 194 Å². The van der Waals surface area contributed by atoms with Gasteiger partial charge in [0.2, 0.25) is 0 Å². The maximum Gasteiger partial charge on any atom is 0.264 e. The van der Waals surface area contributed by atoms with Gasteiger partial charge in [-0.05, 0) is 42.7 Å². The van der Waals surface area contributed by atoms with E-state index in [4.69, 9.17) is 0 Å². The van der Waals surface area contributed by atoms with Crippen LogP contribution >= 0.6 is 0 Å². The lowest BCUT2D eigenvalue weighted by Gasteiger charge is -2.37. The first-order valence-electron chi connectivity index (χ1n) is 11.2. The summed E-state index contributed by atoms with van der Waals surface area (Å²) in [6.07, 6.45) is 1.32. The molecule has 2 saturated heterocycles. The number of para-hydroxylation sites is 1. The Morgan fingerprint density at radius 2 is 1.70 bits per heavy atom. The van der Waals surface area contributed by atoms with Crippen molar-refractivity contribution in [3.63, 3.8) is 0 Å². The molecule has 3 aliphatic rings. The van der Waals surface area contributed by atoms with Crippen molar-refractivity contribution in [3.8, 4) is 0 Å². The van der Waals surface area contributed by atoms with E-state index in [0.29, 0.717) is 56.8 Å². The van der Waals surface area contributed by atoms with Gasteiger partial charge in [0.05, 0.1) is 22.1 Å². The Balaban J connectivity index is 1.29. The Hall–Kier alpha value is -2.43. The van der Waals surface area contributed by atoms with Crippen molar-refractivity contribution < 1.29 is 21.6 Å². The van der Waals surface area contributed by atoms with Crippen molar-refractivity contribution in [2.45, 2.75) is 23.8 Å². The molecule has 0 radical (unpaired) electrons. The summed E-state index contributed by atoms with van der Waals surface area (Å²) in [6, 6.07) is 13.8. The summed E-state index contributed by atoms with van der Waals surface area (Å²) < 4.78 is 51.6. The Morgan fingerprint density at radius 1 is 0.939 bits per heavy atom. The molecular formula is C23H27N3O5S2. The van der Waals surface area contributed by atoms with E-state index < -0.39 is 19.9 Å². The van der Waals surface area contributed by atoms with Crippen molar-refractivity contribution in [2.24, 2.45) is 0 Å². The van der Waals surface area contributed by atoms with Crippen molar-refractivity contribution in [2.75, 3.05) is 48.5 Å². The molecule has 0 N–H and O–H groups in total. The number of carbonyl (C=O) groups excluding carboxylic acids is 1. The minimum Gasteiger partial charge on any atom is -0.336 e. The number of fused-ring (bicyclic) bond motifs is 1. The molecule has 3 heterocycles. The number of carbonyl (C=O) groups is 1. The van der Waals surface area contributed by atoms with E-state index in [0.717, 1.165) is 5.56 Å². The van der Waals surface area contributed by atoms with Crippen molar-refractivity contribution in [3.05, 3.63) is 59.7 Å². The second-order valence-electron chi connectivity index (χ2n) is 8.87. The molecule has 10 heteroatoms. The van der Waals surface area contributed by atoms with Gasteiger partial charge in [0.1, 0.15) is 0 Å². The van der Waals surface area contributed by atoms with Crippen LogP contribution in [0.1, 0.15) is 22.3 Å². The second kappa shape index (κ2) is 8.41. The molecule has 2 fully saturated rings. The lowest BCUT2D eigenvalue weighted by Crippen LogP contribution is -2.52. The van der Waals surface area contributed by atoms with Gasteiger partial charge in [-0.2, -0.15) is 0 Å². The van der Waals surface area contributed by atoms with Crippen molar-refractivity contribution in [1.82, 2.24) is 9.80 Å². The molecular weight excluding hydrogens is 462 g/mol. The molecule has 0 saturated carbocycles. The zero-order chi connectivity index (χ0) is 23.2. The fourth-order valence-corrected chi connectivity index (χ4v) is 8.32. The molecule has 0 unspecified atom stereocenters. The van der Waals surface area contributed by atoms with E-state index in [1.807, 2.05) is 24.3 Å². The summed E-state index contributed by atoms with van der Waals surface area (Å²) in [7, 11) is -6.72. The van der Waals surface area contributed by atoms with Gasteiger partial charge in [0.15, 0.2) is 9.84 Å². The average molecular weight is 490 g/mol. The molecule has 33 heavy (non-hydrogen) atoms. The number of rotatable bonds is 4. The van der Waals surface area contributed by atoms with Crippen molar-refractivity contribution in [1.29, 1.82) is 0 Å². The monoisotopic (exact) mass is 489 g/mol. The Kier molecular flexibility index (Phi) is 5.70. The normalized spacial score (nSPS) is 23.0. The van der Waals surface area contributed by atoms with Gasteiger partial charge in [0.25, 0.3) is 15.9 Å². The quantitative estimate of drug-likeness (QED) is 0.644. The molecule has 0 spiro atoms. The van der Waals surface area contributed by atoms with Crippen LogP contribution in [0, 0.1) is 0 Å². The molecule has 8 nitrogen and oxygen atoms in total. The first-order valence-corrected chi connectivity index (χ1v) is 14.5. The lowest BCUT2D eigenvalue weighted by molar-refractivity contribution is 0.0587. The van der Waals surface area contributed by atoms with E-state index in [1.165, 1.54) is 16.4 Å². The fourth-order valence-electron chi connectivity index (χ4n) is 5.01. The number of benzene rings is 2. The molecule has 5 rings (SSSR count). The van der Waals surface area contributed by atoms with Gasteiger partial charge in [-0.15, -0.1) is 0 Å². The SMILES string of the molecule is O=C(c1cccc(S(=O)(=O)N2CCc3ccccc32)c1)N1CCN([C@@H]2CCS(=O)(=O)C2)CC1. The first-order chi connectivity index (χ1) is 15.7.